The highest BCUT2D eigenvalue weighted by molar-refractivity contribution is 5.78. The second kappa shape index (κ2) is 7.89. The van der Waals surface area contributed by atoms with Crippen molar-refractivity contribution in [3.63, 3.8) is 0 Å². The summed E-state index contributed by atoms with van der Waals surface area (Å²) >= 11 is 0. The average molecular weight is 492 g/mol. The monoisotopic (exact) mass is 492 g/mol. The van der Waals surface area contributed by atoms with Gasteiger partial charge in [0, 0.05) is 6.08 Å². The van der Waals surface area contributed by atoms with Gasteiger partial charge in [-0.05, 0) is 0 Å². The van der Waals surface area contributed by atoms with Crippen molar-refractivity contribution < 1.29 is 74.6 Å². The van der Waals surface area contributed by atoms with Gasteiger partial charge >= 0.3 is 24.7 Å². The zero-order valence-electron chi connectivity index (χ0n) is 13.5. The van der Waals surface area contributed by atoms with E-state index >= 15 is 0 Å². The van der Waals surface area contributed by atoms with Crippen LogP contribution in [-0.2, 0) is 0 Å². The largest absolute Gasteiger partial charge is 0.417 e. The molecule has 31 heavy (non-hydrogen) atoms. The predicted molar refractivity (Wildman–Crippen MR) is 65.5 cm³/mol. The molecule has 0 aliphatic heterocycles. The van der Waals surface area contributed by atoms with Gasteiger partial charge in [0.15, 0.2) is 23.3 Å². The predicted octanol–water partition coefficient (Wildman–Crippen LogP) is 7.31. The van der Waals surface area contributed by atoms with E-state index in [1.54, 1.807) is 0 Å². The lowest BCUT2D eigenvalue weighted by atomic mass is 9.91. The van der Waals surface area contributed by atoms with Crippen LogP contribution in [0, 0.1) is 29.1 Å². The van der Waals surface area contributed by atoms with Crippen molar-refractivity contribution in [1.82, 2.24) is 0 Å². The Hall–Kier alpha value is -2.49. The van der Waals surface area contributed by atoms with Gasteiger partial charge in [-0.2, -0.15) is 52.7 Å². The Morgan fingerprint density at radius 2 is 0.839 bits per heavy atom. The summed E-state index contributed by atoms with van der Waals surface area (Å²) in [6.07, 6.45) is -29.7. The summed E-state index contributed by atoms with van der Waals surface area (Å²) in [6.45, 7) is 0. The molecule has 1 aromatic rings. The number of hydrogen-bond acceptors (Lipinski definition) is 0. The Balaban J connectivity index is 4.50. The van der Waals surface area contributed by atoms with Gasteiger partial charge in [0.25, 0.3) is 0 Å². The number of halogens is 17. The fourth-order valence-electron chi connectivity index (χ4n) is 2.12. The highest BCUT2D eigenvalue weighted by atomic mass is 19.4. The zero-order chi connectivity index (χ0) is 24.9. The van der Waals surface area contributed by atoms with E-state index in [1.807, 2.05) is 0 Å². The second-order valence-corrected chi connectivity index (χ2v) is 5.29. The minimum absolute atomic E-state index is 2.31. The van der Waals surface area contributed by atoms with Crippen LogP contribution in [0.4, 0.5) is 74.6 Å². The minimum Gasteiger partial charge on any atom is -0.203 e. The lowest BCUT2D eigenvalue weighted by Gasteiger charge is -2.24. The highest BCUT2D eigenvalue weighted by Gasteiger charge is 2.56. The quantitative estimate of drug-likeness (QED) is 0.176. The van der Waals surface area contributed by atoms with E-state index < -0.39 is 82.2 Å². The molecular formula is C14HF17. The average Bonchev–Trinajstić information content (AvgIpc) is 2.52. The van der Waals surface area contributed by atoms with Crippen LogP contribution in [0.1, 0.15) is 5.56 Å². The Morgan fingerprint density at radius 3 is 1.10 bits per heavy atom. The van der Waals surface area contributed by atoms with E-state index in [0.29, 0.717) is 0 Å². The summed E-state index contributed by atoms with van der Waals surface area (Å²) < 4.78 is 221. The molecule has 1 rings (SSSR count). The van der Waals surface area contributed by atoms with Crippen molar-refractivity contribution in [1.29, 1.82) is 0 Å². The van der Waals surface area contributed by atoms with E-state index in [1.165, 1.54) is 0 Å². The topological polar surface area (TPSA) is 0 Å². The zero-order valence-corrected chi connectivity index (χ0v) is 13.5. The van der Waals surface area contributed by atoms with Crippen molar-refractivity contribution in [3.8, 4) is 0 Å². The van der Waals surface area contributed by atoms with E-state index in [0.717, 1.165) is 0 Å². The third-order valence-electron chi connectivity index (χ3n) is 3.16. The third-order valence-corrected chi connectivity index (χ3v) is 3.16. The first kappa shape index (κ1) is 26.5. The van der Waals surface area contributed by atoms with Gasteiger partial charge < -0.3 is 0 Å². The fourth-order valence-corrected chi connectivity index (χ4v) is 2.12. The number of benzene rings is 1. The maximum atomic E-state index is 13.7. The fraction of sp³-hybridized carbons (Fsp3) is 0.286. The van der Waals surface area contributed by atoms with Crippen LogP contribution >= 0.6 is 0 Å². The molecule has 176 valence electrons. The van der Waals surface area contributed by atoms with Crippen LogP contribution in [0.15, 0.2) is 17.2 Å². The molecule has 0 saturated carbocycles. The smallest absolute Gasteiger partial charge is 0.203 e. The van der Waals surface area contributed by atoms with Crippen molar-refractivity contribution in [3.05, 3.63) is 51.9 Å². The minimum atomic E-state index is -7.09. The van der Waals surface area contributed by atoms with Crippen molar-refractivity contribution in [2.24, 2.45) is 0 Å². The van der Waals surface area contributed by atoms with Crippen LogP contribution in [0.2, 0.25) is 0 Å². The Kier molecular flexibility index (Phi) is 6.75. The van der Waals surface area contributed by atoms with Crippen molar-refractivity contribution in [2.45, 2.75) is 24.7 Å². The van der Waals surface area contributed by atoms with E-state index in [4.69, 9.17) is 0 Å². The van der Waals surface area contributed by atoms with Crippen LogP contribution in [0.5, 0.6) is 0 Å². The van der Waals surface area contributed by atoms with Crippen molar-refractivity contribution >= 4 is 5.57 Å². The second-order valence-electron chi connectivity index (χ2n) is 5.29. The normalized spacial score (nSPS) is 15.3. The Bertz CT molecular complexity index is 888. The molecule has 0 bridgehead atoms. The molecule has 0 aliphatic carbocycles. The molecule has 0 radical (unpaired) electrons. The summed E-state index contributed by atoms with van der Waals surface area (Å²) in [7, 11) is 0. The van der Waals surface area contributed by atoms with Crippen LogP contribution in [-0.4, -0.2) is 24.7 Å². The molecule has 0 heterocycles. The maximum Gasteiger partial charge on any atom is 0.417 e. The summed E-state index contributed by atoms with van der Waals surface area (Å²) in [4.78, 5) is 0. The molecular weight excluding hydrogens is 491 g/mol. The molecule has 0 N–H and O–H groups in total. The molecule has 0 aromatic heterocycles. The van der Waals surface area contributed by atoms with Gasteiger partial charge in [0.2, 0.25) is 5.82 Å². The maximum absolute atomic E-state index is 13.7. The van der Waals surface area contributed by atoms with Crippen molar-refractivity contribution in [2.75, 3.05) is 0 Å². The SMILES string of the molecule is Fc1c(F)c(F)c(/C(=C(\C(=C\C(F)(F)F)C(F)(F)F)C(F)(F)F)C(F)(F)F)c(F)c1F. The molecule has 0 saturated heterocycles. The molecule has 0 amide bonds. The van der Waals surface area contributed by atoms with Gasteiger partial charge in [-0.25, -0.2) is 22.0 Å². The third kappa shape index (κ3) is 5.61. The van der Waals surface area contributed by atoms with Crippen LogP contribution < -0.4 is 0 Å². The van der Waals surface area contributed by atoms with E-state index in [-0.39, 0.29) is 0 Å². The summed E-state index contributed by atoms with van der Waals surface area (Å²) in [5.41, 5.74) is -16.3. The van der Waals surface area contributed by atoms with E-state index in [9.17, 15) is 74.6 Å². The lowest BCUT2D eigenvalue weighted by Crippen LogP contribution is -2.30. The molecule has 17 heteroatoms. The molecule has 1 aromatic carbocycles. The number of rotatable bonds is 2. The first-order chi connectivity index (χ1) is 13.5. The number of hydrogen-bond donors (Lipinski definition) is 0. The number of alkyl halides is 12. The molecule has 0 aliphatic rings. The summed E-state index contributed by atoms with van der Waals surface area (Å²) in [5, 5.41) is 0. The van der Waals surface area contributed by atoms with Gasteiger partial charge in [-0.1, -0.05) is 0 Å². The van der Waals surface area contributed by atoms with Gasteiger partial charge in [0.05, 0.1) is 22.3 Å². The highest BCUT2D eigenvalue weighted by Crippen LogP contribution is 2.50. The molecule has 0 atom stereocenters. The Morgan fingerprint density at radius 1 is 0.484 bits per heavy atom. The molecule has 0 spiro atoms. The van der Waals surface area contributed by atoms with Crippen LogP contribution in [0.25, 0.3) is 5.57 Å². The lowest BCUT2D eigenvalue weighted by molar-refractivity contribution is -0.127. The van der Waals surface area contributed by atoms with Crippen LogP contribution in [0.3, 0.4) is 0 Å². The molecule has 0 fully saturated rings. The molecule has 0 nitrogen and oxygen atoms in total. The summed E-state index contributed by atoms with van der Waals surface area (Å²) in [6, 6.07) is 0. The van der Waals surface area contributed by atoms with Gasteiger partial charge in [0.1, 0.15) is 0 Å². The first-order valence-electron chi connectivity index (χ1n) is 6.79. The van der Waals surface area contributed by atoms with Gasteiger partial charge in [-0.3, -0.25) is 0 Å². The molecule has 0 unspecified atom stereocenters. The Labute approximate surface area is 158 Å². The number of allylic oxidation sites excluding steroid dienone is 4. The first-order valence-corrected chi connectivity index (χ1v) is 6.79. The summed E-state index contributed by atoms with van der Waals surface area (Å²) in [5.74, 6) is -17.1. The standard InChI is InChI=1S/C14HF17/c15-6-3(7(16)9(18)10(19)8(6)17)5(14(29,30)31)4(13(26,27)28)2(12(23,24)25)1-11(20,21)22/h1H/b2-1-,5-4-. The van der Waals surface area contributed by atoms with Gasteiger partial charge in [-0.15, -0.1) is 0 Å². The van der Waals surface area contributed by atoms with E-state index in [2.05, 4.69) is 0 Å².